The van der Waals surface area contributed by atoms with Gasteiger partial charge in [0.05, 0.1) is 6.61 Å². The van der Waals surface area contributed by atoms with Crippen molar-refractivity contribution in [3.63, 3.8) is 0 Å². The molecule has 3 heteroatoms. The summed E-state index contributed by atoms with van der Waals surface area (Å²) in [6.45, 7) is 3.40. The molecule has 74 valence electrons. The van der Waals surface area contributed by atoms with Gasteiger partial charge in [0.15, 0.2) is 0 Å². The molecule has 0 spiro atoms. The molecule has 0 aliphatic heterocycles. The summed E-state index contributed by atoms with van der Waals surface area (Å²) in [4.78, 5) is 3.32. The van der Waals surface area contributed by atoms with E-state index in [-0.39, 0.29) is 0 Å². The van der Waals surface area contributed by atoms with E-state index in [1.165, 1.54) is 5.39 Å². The maximum Gasteiger partial charge on any atom is 0.0865 e. The summed E-state index contributed by atoms with van der Waals surface area (Å²) in [6.07, 6.45) is 0. The van der Waals surface area contributed by atoms with Crippen molar-refractivity contribution in [2.45, 2.75) is 13.5 Å². The Hall–Kier alpha value is -0.800. The standard InChI is InChI=1S/C11H12BrNO/c1-2-14-7-10-5-8-3-4-9(12)6-11(8)13-10/h3-6,13H,2,7H2,1H3. The third-order valence-corrected chi connectivity index (χ3v) is 2.60. The van der Waals surface area contributed by atoms with Gasteiger partial charge < -0.3 is 9.72 Å². The fourth-order valence-corrected chi connectivity index (χ4v) is 1.81. The van der Waals surface area contributed by atoms with E-state index >= 15 is 0 Å². The average molecular weight is 254 g/mol. The van der Waals surface area contributed by atoms with E-state index in [9.17, 15) is 0 Å². The van der Waals surface area contributed by atoms with E-state index in [4.69, 9.17) is 4.74 Å². The van der Waals surface area contributed by atoms with Crippen molar-refractivity contribution in [2.24, 2.45) is 0 Å². The van der Waals surface area contributed by atoms with Crippen LogP contribution in [0.15, 0.2) is 28.7 Å². The van der Waals surface area contributed by atoms with E-state index in [2.05, 4.69) is 39.1 Å². The SMILES string of the molecule is CCOCc1cc2ccc(Br)cc2[nH]1. The predicted octanol–water partition coefficient (Wildman–Crippen LogP) is 3.47. The molecule has 1 N–H and O–H groups in total. The fraction of sp³-hybridized carbons (Fsp3) is 0.273. The third kappa shape index (κ3) is 1.99. The lowest BCUT2D eigenvalue weighted by atomic mass is 10.2. The van der Waals surface area contributed by atoms with Crippen LogP contribution in [0, 0.1) is 0 Å². The van der Waals surface area contributed by atoms with Gasteiger partial charge in [-0.1, -0.05) is 22.0 Å². The molecule has 0 atom stereocenters. The Balaban J connectivity index is 2.32. The lowest BCUT2D eigenvalue weighted by molar-refractivity contribution is 0.132. The van der Waals surface area contributed by atoms with Crippen molar-refractivity contribution < 1.29 is 4.74 Å². The molecule has 1 heterocycles. The Bertz CT molecular complexity index is 436. The largest absolute Gasteiger partial charge is 0.376 e. The zero-order valence-electron chi connectivity index (χ0n) is 8.01. The number of hydrogen-bond donors (Lipinski definition) is 1. The van der Waals surface area contributed by atoms with Crippen LogP contribution in [0.2, 0.25) is 0 Å². The number of benzene rings is 1. The summed E-state index contributed by atoms with van der Waals surface area (Å²) in [7, 11) is 0. The van der Waals surface area contributed by atoms with Crippen LogP contribution in [0.3, 0.4) is 0 Å². The second-order valence-corrected chi connectivity index (χ2v) is 4.08. The van der Waals surface area contributed by atoms with Crippen LogP contribution in [0.1, 0.15) is 12.6 Å². The second kappa shape index (κ2) is 4.15. The zero-order chi connectivity index (χ0) is 9.97. The van der Waals surface area contributed by atoms with E-state index < -0.39 is 0 Å². The van der Waals surface area contributed by atoms with Gasteiger partial charge >= 0.3 is 0 Å². The molecule has 0 amide bonds. The minimum absolute atomic E-state index is 0.656. The van der Waals surface area contributed by atoms with Crippen molar-refractivity contribution >= 4 is 26.8 Å². The molecular weight excluding hydrogens is 242 g/mol. The third-order valence-electron chi connectivity index (χ3n) is 2.10. The first-order chi connectivity index (χ1) is 6.79. The highest BCUT2D eigenvalue weighted by Crippen LogP contribution is 2.20. The van der Waals surface area contributed by atoms with Gasteiger partial charge in [-0.3, -0.25) is 0 Å². The summed E-state index contributed by atoms with van der Waals surface area (Å²) in [5.41, 5.74) is 2.27. The van der Waals surface area contributed by atoms with Gasteiger partial charge in [-0.05, 0) is 30.5 Å². The van der Waals surface area contributed by atoms with Crippen molar-refractivity contribution in [3.8, 4) is 0 Å². The Morgan fingerprint density at radius 1 is 1.36 bits per heavy atom. The number of halogens is 1. The van der Waals surface area contributed by atoms with Crippen molar-refractivity contribution in [1.82, 2.24) is 4.98 Å². The first-order valence-corrected chi connectivity index (χ1v) is 5.44. The van der Waals surface area contributed by atoms with Crippen LogP contribution < -0.4 is 0 Å². The molecule has 2 aromatic rings. The van der Waals surface area contributed by atoms with Crippen molar-refractivity contribution in [3.05, 3.63) is 34.4 Å². The molecule has 0 aliphatic rings. The summed E-state index contributed by atoms with van der Waals surface area (Å²) >= 11 is 3.44. The molecule has 0 fully saturated rings. The lowest BCUT2D eigenvalue weighted by Gasteiger charge is -1.95. The van der Waals surface area contributed by atoms with E-state index in [1.807, 2.05) is 13.0 Å². The number of H-pyrrole nitrogens is 1. The number of hydrogen-bond acceptors (Lipinski definition) is 1. The van der Waals surface area contributed by atoms with Gasteiger partial charge in [0, 0.05) is 22.3 Å². The summed E-state index contributed by atoms with van der Waals surface area (Å²) in [6, 6.07) is 8.33. The number of rotatable bonds is 3. The number of ether oxygens (including phenoxy) is 1. The Kier molecular flexibility index (Phi) is 2.89. The van der Waals surface area contributed by atoms with Crippen LogP contribution in [0.4, 0.5) is 0 Å². The number of aromatic amines is 1. The first-order valence-electron chi connectivity index (χ1n) is 4.64. The molecule has 14 heavy (non-hydrogen) atoms. The number of aromatic nitrogens is 1. The van der Waals surface area contributed by atoms with Crippen LogP contribution in [0.5, 0.6) is 0 Å². The Morgan fingerprint density at radius 2 is 2.21 bits per heavy atom. The summed E-state index contributed by atoms with van der Waals surface area (Å²) < 4.78 is 6.43. The lowest BCUT2D eigenvalue weighted by Crippen LogP contribution is -1.90. The molecule has 0 aliphatic carbocycles. The van der Waals surface area contributed by atoms with Crippen LogP contribution in [-0.2, 0) is 11.3 Å². The molecule has 0 radical (unpaired) electrons. The first kappa shape index (κ1) is 9.74. The molecule has 1 aromatic carbocycles. The van der Waals surface area contributed by atoms with Crippen molar-refractivity contribution in [1.29, 1.82) is 0 Å². The van der Waals surface area contributed by atoms with Gasteiger partial charge in [-0.15, -0.1) is 0 Å². The molecular formula is C11H12BrNO. The Morgan fingerprint density at radius 3 is 3.00 bits per heavy atom. The van der Waals surface area contributed by atoms with Gasteiger partial charge in [0.1, 0.15) is 0 Å². The highest BCUT2D eigenvalue weighted by atomic mass is 79.9. The predicted molar refractivity (Wildman–Crippen MR) is 61.3 cm³/mol. The smallest absolute Gasteiger partial charge is 0.0865 e. The number of nitrogens with one attached hydrogen (secondary N) is 1. The average Bonchev–Trinajstić information content (AvgIpc) is 2.56. The molecule has 0 bridgehead atoms. The zero-order valence-corrected chi connectivity index (χ0v) is 9.60. The van der Waals surface area contributed by atoms with Crippen LogP contribution in [0.25, 0.3) is 10.9 Å². The molecule has 0 saturated heterocycles. The van der Waals surface area contributed by atoms with Crippen molar-refractivity contribution in [2.75, 3.05) is 6.61 Å². The van der Waals surface area contributed by atoms with Gasteiger partial charge in [0.25, 0.3) is 0 Å². The molecule has 2 nitrogen and oxygen atoms in total. The van der Waals surface area contributed by atoms with Gasteiger partial charge in [0.2, 0.25) is 0 Å². The molecule has 0 saturated carbocycles. The minimum atomic E-state index is 0.656. The minimum Gasteiger partial charge on any atom is -0.376 e. The van der Waals surface area contributed by atoms with Crippen LogP contribution >= 0.6 is 15.9 Å². The highest BCUT2D eigenvalue weighted by molar-refractivity contribution is 9.10. The van der Waals surface area contributed by atoms with Gasteiger partial charge in [-0.2, -0.15) is 0 Å². The van der Waals surface area contributed by atoms with Crippen LogP contribution in [-0.4, -0.2) is 11.6 Å². The summed E-state index contributed by atoms with van der Waals surface area (Å²) in [5.74, 6) is 0. The monoisotopic (exact) mass is 253 g/mol. The normalized spacial score (nSPS) is 11.0. The second-order valence-electron chi connectivity index (χ2n) is 3.16. The number of fused-ring (bicyclic) bond motifs is 1. The van der Waals surface area contributed by atoms with E-state index in [0.29, 0.717) is 6.61 Å². The molecule has 2 rings (SSSR count). The van der Waals surface area contributed by atoms with E-state index in [1.54, 1.807) is 0 Å². The fourth-order valence-electron chi connectivity index (χ4n) is 1.45. The topological polar surface area (TPSA) is 25.0 Å². The molecule has 1 aromatic heterocycles. The van der Waals surface area contributed by atoms with Gasteiger partial charge in [-0.25, -0.2) is 0 Å². The van der Waals surface area contributed by atoms with E-state index in [0.717, 1.165) is 22.3 Å². The maximum absolute atomic E-state index is 5.34. The quantitative estimate of drug-likeness (QED) is 0.891. The summed E-state index contributed by atoms with van der Waals surface area (Å²) in [5, 5.41) is 1.22. The highest BCUT2D eigenvalue weighted by Gasteiger charge is 2.00. The molecule has 0 unspecified atom stereocenters. The maximum atomic E-state index is 5.34. The Labute approximate surface area is 91.4 Å².